The van der Waals surface area contributed by atoms with Gasteiger partial charge in [-0.25, -0.2) is 4.98 Å². The van der Waals surface area contributed by atoms with Crippen molar-refractivity contribution in [2.24, 2.45) is 7.05 Å². The molecule has 0 aliphatic carbocycles. The van der Waals surface area contributed by atoms with Crippen LogP contribution in [-0.4, -0.2) is 9.55 Å². The number of rotatable bonds is 5. The van der Waals surface area contributed by atoms with Gasteiger partial charge >= 0.3 is 0 Å². The average molecular weight is 460 g/mol. The second-order valence-electron chi connectivity index (χ2n) is 9.78. The zero-order valence-corrected chi connectivity index (χ0v) is 21.5. The molecule has 0 aliphatic heterocycles. The molecule has 1 aromatic heterocycles. The first-order valence-electron chi connectivity index (χ1n) is 12.3. The molecule has 0 amide bonds. The standard InChI is InChI=1S/C32H33N3/c1-20-17-23(4)29(24(5)18-20)31(34-30-21(2)11-9-12-22(30)3)32-33-28(19-35(32)6)27-16-10-14-25-13-7-8-15-26(25)27/h7-19,31,34H,1-6H3. The van der Waals surface area contributed by atoms with Crippen molar-refractivity contribution in [1.82, 2.24) is 9.55 Å². The van der Waals surface area contributed by atoms with Gasteiger partial charge in [-0.05, 0) is 73.2 Å². The molecule has 1 unspecified atom stereocenters. The molecular weight excluding hydrogens is 426 g/mol. The summed E-state index contributed by atoms with van der Waals surface area (Å²) in [7, 11) is 2.11. The van der Waals surface area contributed by atoms with Gasteiger partial charge in [0.25, 0.3) is 0 Å². The second kappa shape index (κ2) is 9.07. The summed E-state index contributed by atoms with van der Waals surface area (Å²) in [4.78, 5) is 5.27. The summed E-state index contributed by atoms with van der Waals surface area (Å²) in [5, 5.41) is 6.36. The van der Waals surface area contributed by atoms with Gasteiger partial charge in [-0.3, -0.25) is 0 Å². The first-order chi connectivity index (χ1) is 16.8. The van der Waals surface area contributed by atoms with E-state index in [0.29, 0.717) is 0 Å². The lowest BCUT2D eigenvalue weighted by Gasteiger charge is -2.26. The number of fused-ring (bicyclic) bond motifs is 1. The van der Waals surface area contributed by atoms with Gasteiger partial charge in [0.05, 0.1) is 5.69 Å². The molecule has 0 aliphatic rings. The third-order valence-corrected chi connectivity index (χ3v) is 7.03. The summed E-state index contributed by atoms with van der Waals surface area (Å²) in [6.07, 6.45) is 2.16. The highest BCUT2D eigenvalue weighted by atomic mass is 15.1. The highest BCUT2D eigenvalue weighted by molar-refractivity contribution is 5.95. The maximum absolute atomic E-state index is 5.27. The molecule has 0 radical (unpaired) electrons. The molecule has 1 heterocycles. The van der Waals surface area contributed by atoms with E-state index in [2.05, 4.69) is 131 Å². The van der Waals surface area contributed by atoms with Crippen LogP contribution in [0.5, 0.6) is 0 Å². The van der Waals surface area contributed by atoms with Gasteiger partial charge in [0.15, 0.2) is 0 Å². The fourth-order valence-electron chi connectivity index (χ4n) is 5.43. The fraction of sp³-hybridized carbons (Fsp3) is 0.219. The van der Waals surface area contributed by atoms with Gasteiger partial charge in [0.2, 0.25) is 0 Å². The van der Waals surface area contributed by atoms with Crippen LogP contribution in [0.2, 0.25) is 0 Å². The number of imidazole rings is 1. The summed E-state index contributed by atoms with van der Waals surface area (Å²) in [6.45, 7) is 10.9. The zero-order valence-electron chi connectivity index (χ0n) is 21.5. The Bertz CT molecular complexity index is 1490. The molecule has 0 spiro atoms. The highest BCUT2D eigenvalue weighted by Crippen LogP contribution is 2.36. The van der Waals surface area contributed by atoms with E-state index in [1.165, 1.54) is 49.8 Å². The van der Waals surface area contributed by atoms with E-state index in [-0.39, 0.29) is 6.04 Å². The van der Waals surface area contributed by atoms with Crippen LogP contribution in [0.25, 0.3) is 22.0 Å². The van der Waals surface area contributed by atoms with Crippen LogP contribution in [0.1, 0.15) is 45.2 Å². The van der Waals surface area contributed by atoms with Gasteiger partial charge in [0, 0.05) is 24.5 Å². The van der Waals surface area contributed by atoms with E-state index < -0.39 is 0 Å². The molecule has 5 aromatic rings. The van der Waals surface area contributed by atoms with Crippen molar-refractivity contribution in [3.05, 3.63) is 118 Å². The van der Waals surface area contributed by atoms with Crippen LogP contribution in [0.3, 0.4) is 0 Å². The maximum Gasteiger partial charge on any atom is 0.136 e. The molecule has 35 heavy (non-hydrogen) atoms. The molecule has 4 aromatic carbocycles. The monoisotopic (exact) mass is 459 g/mol. The quantitative estimate of drug-likeness (QED) is 0.289. The zero-order chi connectivity index (χ0) is 24.7. The largest absolute Gasteiger partial charge is 0.371 e. The van der Waals surface area contributed by atoms with Gasteiger partial charge in [-0.15, -0.1) is 0 Å². The maximum atomic E-state index is 5.27. The SMILES string of the molecule is Cc1cc(C)c(C(Nc2c(C)cccc2C)c2nc(-c3cccc4ccccc34)cn2C)c(C)c1. The minimum Gasteiger partial charge on any atom is -0.371 e. The van der Waals surface area contributed by atoms with Crippen molar-refractivity contribution in [3.63, 3.8) is 0 Å². The number of aromatic nitrogens is 2. The van der Waals surface area contributed by atoms with Crippen LogP contribution in [0, 0.1) is 34.6 Å². The van der Waals surface area contributed by atoms with E-state index in [4.69, 9.17) is 4.98 Å². The minimum atomic E-state index is -0.0795. The Labute approximate surface area is 208 Å². The topological polar surface area (TPSA) is 29.9 Å². The summed E-state index contributed by atoms with van der Waals surface area (Å²) >= 11 is 0. The molecule has 3 nitrogen and oxygen atoms in total. The van der Waals surface area contributed by atoms with Crippen molar-refractivity contribution in [2.75, 3.05) is 5.32 Å². The van der Waals surface area contributed by atoms with Crippen LogP contribution in [0.15, 0.2) is 79.0 Å². The third-order valence-electron chi connectivity index (χ3n) is 7.03. The number of aryl methyl sites for hydroxylation is 6. The second-order valence-corrected chi connectivity index (χ2v) is 9.78. The van der Waals surface area contributed by atoms with Gasteiger partial charge in [-0.1, -0.05) is 78.4 Å². The fourth-order valence-corrected chi connectivity index (χ4v) is 5.43. The predicted octanol–water partition coefficient (Wildman–Crippen LogP) is 7.98. The van der Waals surface area contributed by atoms with E-state index in [9.17, 15) is 0 Å². The van der Waals surface area contributed by atoms with Gasteiger partial charge < -0.3 is 9.88 Å². The summed E-state index contributed by atoms with van der Waals surface area (Å²) in [5.74, 6) is 1.01. The lowest BCUT2D eigenvalue weighted by atomic mass is 9.92. The predicted molar refractivity (Wildman–Crippen MR) is 148 cm³/mol. The van der Waals surface area contributed by atoms with Crippen LogP contribution < -0.4 is 5.32 Å². The molecular formula is C32H33N3. The Morgan fingerprint density at radius 2 is 1.37 bits per heavy atom. The molecule has 0 saturated carbocycles. The van der Waals surface area contributed by atoms with Crippen LogP contribution >= 0.6 is 0 Å². The molecule has 0 saturated heterocycles. The Hall–Kier alpha value is -3.85. The molecule has 1 N–H and O–H groups in total. The molecule has 1 atom stereocenters. The smallest absolute Gasteiger partial charge is 0.136 e. The normalized spacial score (nSPS) is 12.2. The van der Waals surface area contributed by atoms with Crippen molar-refractivity contribution >= 4 is 16.5 Å². The van der Waals surface area contributed by atoms with E-state index in [1.54, 1.807) is 0 Å². The highest BCUT2D eigenvalue weighted by Gasteiger charge is 2.25. The van der Waals surface area contributed by atoms with E-state index in [0.717, 1.165) is 17.1 Å². The van der Waals surface area contributed by atoms with Crippen molar-refractivity contribution in [1.29, 1.82) is 0 Å². The minimum absolute atomic E-state index is 0.0795. The molecule has 0 fully saturated rings. The lowest BCUT2D eigenvalue weighted by Crippen LogP contribution is -2.20. The molecule has 5 rings (SSSR count). The Balaban J connectivity index is 1.70. The Morgan fingerprint density at radius 3 is 2.09 bits per heavy atom. The summed E-state index contributed by atoms with van der Waals surface area (Å²) in [5.41, 5.74) is 10.9. The van der Waals surface area contributed by atoms with Crippen molar-refractivity contribution in [3.8, 4) is 11.3 Å². The summed E-state index contributed by atoms with van der Waals surface area (Å²) in [6, 6.07) is 25.9. The first kappa shape index (κ1) is 22.9. The Morgan fingerprint density at radius 1 is 0.743 bits per heavy atom. The first-order valence-corrected chi connectivity index (χ1v) is 12.3. The van der Waals surface area contributed by atoms with Gasteiger partial charge in [0.1, 0.15) is 11.9 Å². The number of nitrogens with one attached hydrogen (secondary N) is 1. The average Bonchev–Trinajstić information content (AvgIpc) is 3.20. The molecule has 176 valence electrons. The third kappa shape index (κ3) is 4.23. The van der Waals surface area contributed by atoms with Gasteiger partial charge in [-0.2, -0.15) is 0 Å². The van der Waals surface area contributed by atoms with Crippen molar-refractivity contribution < 1.29 is 0 Å². The van der Waals surface area contributed by atoms with Crippen molar-refractivity contribution in [2.45, 2.75) is 40.7 Å². The molecule has 3 heteroatoms. The van der Waals surface area contributed by atoms with Crippen LogP contribution in [-0.2, 0) is 7.05 Å². The van der Waals surface area contributed by atoms with E-state index >= 15 is 0 Å². The summed E-state index contributed by atoms with van der Waals surface area (Å²) < 4.78 is 2.18. The number of para-hydroxylation sites is 1. The number of hydrogen-bond acceptors (Lipinski definition) is 2. The number of anilines is 1. The van der Waals surface area contributed by atoms with E-state index in [1.807, 2.05) is 0 Å². The number of benzene rings is 4. The molecule has 0 bridgehead atoms. The number of nitrogens with zero attached hydrogens (tertiary/aromatic N) is 2. The Kier molecular flexibility index (Phi) is 5.94. The number of hydrogen-bond donors (Lipinski definition) is 1. The van der Waals surface area contributed by atoms with Crippen LogP contribution in [0.4, 0.5) is 5.69 Å². The lowest BCUT2D eigenvalue weighted by molar-refractivity contribution is 0.740.